The molecule has 0 spiro atoms. The third-order valence-electron chi connectivity index (χ3n) is 3.11. The number of hydrogen-bond donors (Lipinski definition) is 1. The summed E-state index contributed by atoms with van der Waals surface area (Å²) in [5.74, 6) is -1.43. The van der Waals surface area contributed by atoms with E-state index in [-0.39, 0.29) is 0 Å². The summed E-state index contributed by atoms with van der Waals surface area (Å²) in [5, 5.41) is 9.39. The van der Waals surface area contributed by atoms with Crippen LogP contribution in [0.2, 0.25) is 0 Å². The summed E-state index contributed by atoms with van der Waals surface area (Å²) < 4.78 is 0. The van der Waals surface area contributed by atoms with E-state index >= 15 is 0 Å². The average Bonchev–Trinajstić information content (AvgIpc) is 2.37. The average molecular weight is 255 g/mol. The molecule has 0 amide bonds. The highest BCUT2D eigenvalue weighted by atomic mass is 16.4. The minimum absolute atomic E-state index is 0.465. The predicted octanol–water partition coefficient (Wildman–Crippen LogP) is 3.11. The van der Waals surface area contributed by atoms with Crippen LogP contribution in [-0.4, -0.2) is 16.1 Å². The molecule has 3 heteroatoms. The van der Waals surface area contributed by atoms with Gasteiger partial charge in [0.05, 0.1) is 5.69 Å². The molecule has 0 bridgehead atoms. The summed E-state index contributed by atoms with van der Waals surface area (Å²) in [6.45, 7) is 3.94. The third kappa shape index (κ3) is 3.41. The lowest BCUT2D eigenvalue weighted by Gasteiger charge is -2.12. The lowest BCUT2D eigenvalue weighted by molar-refractivity contribution is -0.138. The molecule has 2 aromatic rings. The van der Waals surface area contributed by atoms with Gasteiger partial charge in [-0.3, -0.25) is 9.78 Å². The van der Waals surface area contributed by atoms with Gasteiger partial charge in [-0.1, -0.05) is 35.9 Å². The Morgan fingerprint density at radius 1 is 1.21 bits per heavy atom. The van der Waals surface area contributed by atoms with Gasteiger partial charge in [-0.05, 0) is 37.5 Å². The van der Waals surface area contributed by atoms with Crippen molar-refractivity contribution in [2.45, 2.75) is 26.2 Å². The first-order valence-corrected chi connectivity index (χ1v) is 6.27. The summed E-state index contributed by atoms with van der Waals surface area (Å²) in [7, 11) is 0. The molecule has 1 aromatic carbocycles. The van der Waals surface area contributed by atoms with Gasteiger partial charge in [0.1, 0.15) is 5.92 Å². The third-order valence-corrected chi connectivity index (χ3v) is 3.11. The minimum atomic E-state index is -0.835. The first-order valence-electron chi connectivity index (χ1n) is 6.27. The molecule has 0 saturated heterocycles. The monoisotopic (exact) mass is 255 g/mol. The molecule has 19 heavy (non-hydrogen) atoms. The van der Waals surface area contributed by atoms with E-state index in [1.54, 1.807) is 12.3 Å². The Balaban J connectivity index is 2.26. The van der Waals surface area contributed by atoms with E-state index in [1.165, 1.54) is 0 Å². The summed E-state index contributed by atoms with van der Waals surface area (Å²) in [5.41, 5.74) is 3.80. The van der Waals surface area contributed by atoms with Crippen molar-refractivity contribution in [3.8, 4) is 0 Å². The zero-order valence-corrected chi connectivity index (χ0v) is 11.1. The van der Waals surface area contributed by atoms with E-state index in [2.05, 4.69) is 4.98 Å². The highest BCUT2D eigenvalue weighted by molar-refractivity contribution is 5.75. The van der Waals surface area contributed by atoms with Crippen molar-refractivity contribution in [1.29, 1.82) is 0 Å². The van der Waals surface area contributed by atoms with E-state index < -0.39 is 11.9 Å². The largest absolute Gasteiger partial charge is 0.481 e. The Labute approximate surface area is 112 Å². The van der Waals surface area contributed by atoms with Crippen LogP contribution in [-0.2, 0) is 11.2 Å². The summed E-state index contributed by atoms with van der Waals surface area (Å²) in [6.07, 6.45) is 2.18. The van der Waals surface area contributed by atoms with Gasteiger partial charge in [-0.25, -0.2) is 0 Å². The normalized spacial score (nSPS) is 12.1. The lowest BCUT2D eigenvalue weighted by Crippen LogP contribution is -2.15. The van der Waals surface area contributed by atoms with Gasteiger partial charge >= 0.3 is 5.97 Å². The van der Waals surface area contributed by atoms with Gasteiger partial charge in [0, 0.05) is 6.20 Å². The van der Waals surface area contributed by atoms with Crippen LogP contribution >= 0.6 is 0 Å². The van der Waals surface area contributed by atoms with Crippen LogP contribution in [0.3, 0.4) is 0 Å². The van der Waals surface area contributed by atoms with Crippen molar-refractivity contribution in [3.05, 3.63) is 65.0 Å². The second kappa shape index (κ2) is 5.65. The van der Waals surface area contributed by atoms with Crippen LogP contribution in [0.15, 0.2) is 42.6 Å². The van der Waals surface area contributed by atoms with Crippen LogP contribution in [0.1, 0.15) is 28.3 Å². The molecule has 0 radical (unpaired) electrons. The van der Waals surface area contributed by atoms with Crippen LogP contribution in [0, 0.1) is 13.8 Å². The van der Waals surface area contributed by atoms with Crippen molar-refractivity contribution < 1.29 is 9.90 Å². The zero-order chi connectivity index (χ0) is 13.8. The Bertz CT molecular complexity index is 576. The molecule has 0 saturated carbocycles. The quantitative estimate of drug-likeness (QED) is 0.913. The number of hydrogen-bond acceptors (Lipinski definition) is 2. The van der Waals surface area contributed by atoms with E-state index in [1.807, 2.05) is 44.2 Å². The Morgan fingerprint density at radius 3 is 2.58 bits per heavy atom. The molecule has 0 aliphatic carbocycles. The number of rotatable bonds is 4. The SMILES string of the molecule is Cc1ccc(C(Cc2cccc(C)c2)C(=O)O)nc1. The van der Waals surface area contributed by atoms with Crippen molar-refractivity contribution in [2.24, 2.45) is 0 Å². The molecule has 2 rings (SSSR count). The maximum absolute atomic E-state index is 11.4. The predicted molar refractivity (Wildman–Crippen MR) is 74.2 cm³/mol. The second-order valence-electron chi connectivity index (χ2n) is 4.84. The Morgan fingerprint density at radius 2 is 2.00 bits per heavy atom. The highest BCUT2D eigenvalue weighted by Gasteiger charge is 2.21. The number of carbonyl (C=O) groups is 1. The van der Waals surface area contributed by atoms with E-state index in [0.29, 0.717) is 12.1 Å². The first kappa shape index (κ1) is 13.3. The van der Waals surface area contributed by atoms with Crippen molar-refractivity contribution in [1.82, 2.24) is 4.98 Å². The number of pyridine rings is 1. The Kier molecular flexibility index (Phi) is 3.95. The molecule has 1 atom stereocenters. The van der Waals surface area contributed by atoms with Gasteiger partial charge in [-0.2, -0.15) is 0 Å². The number of aryl methyl sites for hydroxylation is 2. The fourth-order valence-electron chi connectivity index (χ4n) is 2.08. The molecule has 1 unspecified atom stereocenters. The van der Waals surface area contributed by atoms with Crippen LogP contribution in [0.4, 0.5) is 0 Å². The maximum atomic E-state index is 11.4. The molecule has 0 fully saturated rings. The molecular weight excluding hydrogens is 238 g/mol. The van der Waals surface area contributed by atoms with Crippen LogP contribution in [0.5, 0.6) is 0 Å². The number of carboxylic acids is 1. The second-order valence-corrected chi connectivity index (χ2v) is 4.84. The topological polar surface area (TPSA) is 50.2 Å². The van der Waals surface area contributed by atoms with Crippen LogP contribution in [0.25, 0.3) is 0 Å². The smallest absolute Gasteiger partial charge is 0.312 e. The molecule has 0 aliphatic rings. The van der Waals surface area contributed by atoms with Gasteiger partial charge < -0.3 is 5.11 Å². The number of nitrogens with zero attached hydrogens (tertiary/aromatic N) is 1. The van der Waals surface area contributed by atoms with Gasteiger partial charge in [-0.15, -0.1) is 0 Å². The molecule has 1 N–H and O–H groups in total. The molecule has 3 nitrogen and oxygen atoms in total. The van der Waals surface area contributed by atoms with Crippen molar-refractivity contribution in [3.63, 3.8) is 0 Å². The van der Waals surface area contributed by atoms with E-state index in [9.17, 15) is 9.90 Å². The molecule has 98 valence electrons. The van der Waals surface area contributed by atoms with Crippen molar-refractivity contribution >= 4 is 5.97 Å². The van der Waals surface area contributed by atoms with E-state index in [0.717, 1.165) is 16.7 Å². The fourth-order valence-corrected chi connectivity index (χ4v) is 2.08. The zero-order valence-electron chi connectivity index (χ0n) is 11.1. The molecule has 0 aliphatic heterocycles. The van der Waals surface area contributed by atoms with Gasteiger partial charge in [0.15, 0.2) is 0 Å². The summed E-state index contributed by atoms with van der Waals surface area (Å²) in [6, 6.07) is 11.6. The maximum Gasteiger partial charge on any atom is 0.312 e. The van der Waals surface area contributed by atoms with E-state index in [4.69, 9.17) is 0 Å². The molecule has 1 aromatic heterocycles. The van der Waals surface area contributed by atoms with Gasteiger partial charge in [0.25, 0.3) is 0 Å². The van der Waals surface area contributed by atoms with Crippen LogP contribution < -0.4 is 0 Å². The number of aliphatic carboxylic acids is 1. The number of aromatic nitrogens is 1. The fraction of sp³-hybridized carbons (Fsp3) is 0.250. The van der Waals surface area contributed by atoms with Gasteiger partial charge in [0.2, 0.25) is 0 Å². The minimum Gasteiger partial charge on any atom is -0.481 e. The Hall–Kier alpha value is -2.16. The van der Waals surface area contributed by atoms with Crippen molar-refractivity contribution in [2.75, 3.05) is 0 Å². The number of benzene rings is 1. The molecule has 1 heterocycles. The highest BCUT2D eigenvalue weighted by Crippen LogP contribution is 2.20. The summed E-state index contributed by atoms with van der Waals surface area (Å²) in [4.78, 5) is 15.7. The number of carboxylic acid groups (broad SMARTS) is 1. The lowest BCUT2D eigenvalue weighted by atomic mass is 9.95. The standard InChI is InChI=1S/C16H17NO2/c1-11-4-3-5-13(8-11)9-14(16(18)19)15-7-6-12(2)10-17-15/h3-8,10,14H,9H2,1-2H3,(H,18,19). The molecular formula is C16H17NO2. The first-order chi connectivity index (χ1) is 9.06. The summed E-state index contributed by atoms with van der Waals surface area (Å²) >= 11 is 0.